The third-order valence-electron chi connectivity index (χ3n) is 4.55. The van der Waals surface area contributed by atoms with E-state index >= 15 is 0 Å². The summed E-state index contributed by atoms with van der Waals surface area (Å²) in [5.74, 6) is 1.75. The van der Waals surface area contributed by atoms with Crippen LogP contribution in [0.3, 0.4) is 0 Å². The van der Waals surface area contributed by atoms with Crippen LogP contribution in [0.1, 0.15) is 67.3 Å². The SMILES string of the molecule is CCCNC(c1cc(C)c(C)s1)C1CCCC(C)C1. The van der Waals surface area contributed by atoms with E-state index in [1.807, 2.05) is 11.3 Å². The van der Waals surface area contributed by atoms with Crippen LogP contribution in [-0.2, 0) is 0 Å². The summed E-state index contributed by atoms with van der Waals surface area (Å²) < 4.78 is 0. The van der Waals surface area contributed by atoms with E-state index in [2.05, 4.69) is 39.1 Å². The molecule has 0 amide bonds. The van der Waals surface area contributed by atoms with Gasteiger partial charge in [0.15, 0.2) is 0 Å². The molecule has 108 valence electrons. The number of nitrogens with one attached hydrogen (secondary N) is 1. The van der Waals surface area contributed by atoms with Gasteiger partial charge in [-0.05, 0) is 63.1 Å². The highest BCUT2D eigenvalue weighted by Gasteiger charge is 2.28. The first-order valence-electron chi connectivity index (χ1n) is 7.92. The minimum absolute atomic E-state index is 0.597. The lowest BCUT2D eigenvalue weighted by molar-refractivity contribution is 0.226. The van der Waals surface area contributed by atoms with Crippen LogP contribution < -0.4 is 5.32 Å². The molecule has 1 nitrogen and oxygen atoms in total. The van der Waals surface area contributed by atoms with Gasteiger partial charge in [-0.3, -0.25) is 0 Å². The quantitative estimate of drug-likeness (QED) is 0.778. The fraction of sp³-hybridized carbons (Fsp3) is 0.765. The molecule has 19 heavy (non-hydrogen) atoms. The first-order valence-corrected chi connectivity index (χ1v) is 8.73. The number of rotatable bonds is 5. The monoisotopic (exact) mass is 279 g/mol. The van der Waals surface area contributed by atoms with E-state index in [1.165, 1.54) is 42.5 Å². The Balaban J connectivity index is 2.14. The summed E-state index contributed by atoms with van der Waals surface area (Å²) in [6.45, 7) is 10.3. The third-order valence-corrected chi connectivity index (χ3v) is 5.79. The lowest BCUT2D eigenvalue weighted by Gasteiger charge is -2.33. The predicted molar refractivity (Wildman–Crippen MR) is 85.9 cm³/mol. The highest BCUT2D eigenvalue weighted by atomic mass is 32.1. The Morgan fingerprint density at radius 1 is 1.37 bits per heavy atom. The highest BCUT2D eigenvalue weighted by molar-refractivity contribution is 7.12. The van der Waals surface area contributed by atoms with E-state index in [-0.39, 0.29) is 0 Å². The van der Waals surface area contributed by atoms with Crippen molar-refractivity contribution >= 4 is 11.3 Å². The Morgan fingerprint density at radius 3 is 2.74 bits per heavy atom. The molecule has 2 rings (SSSR count). The van der Waals surface area contributed by atoms with Crippen molar-refractivity contribution in [1.82, 2.24) is 5.32 Å². The van der Waals surface area contributed by atoms with Gasteiger partial charge in [0, 0.05) is 15.8 Å². The fourth-order valence-corrected chi connectivity index (χ4v) is 4.55. The molecule has 0 aliphatic heterocycles. The van der Waals surface area contributed by atoms with Gasteiger partial charge >= 0.3 is 0 Å². The molecule has 1 N–H and O–H groups in total. The highest BCUT2D eigenvalue weighted by Crippen LogP contribution is 2.39. The van der Waals surface area contributed by atoms with Gasteiger partial charge in [-0.25, -0.2) is 0 Å². The molecule has 2 heteroatoms. The Labute approximate surface area is 122 Å². The minimum atomic E-state index is 0.597. The molecule has 0 spiro atoms. The molecule has 1 aromatic rings. The van der Waals surface area contributed by atoms with Crippen LogP contribution in [-0.4, -0.2) is 6.54 Å². The number of thiophene rings is 1. The molecule has 1 fully saturated rings. The molecular formula is C17H29NS. The molecular weight excluding hydrogens is 250 g/mol. The first-order chi connectivity index (χ1) is 9.11. The van der Waals surface area contributed by atoms with Crippen LogP contribution >= 0.6 is 11.3 Å². The molecule has 1 aliphatic rings. The Kier molecular flexibility index (Phi) is 5.47. The summed E-state index contributed by atoms with van der Waals surface area (Å²) in [6.07, 6.45) is 6.88. The maximum absolute atomic E-state index is 3.83. The van der Waals surface area contributed by atoms with Crippen LogP contribution in [0.15, 0.2) is 6.07 Å². The Bertz CT molecular complexity index is 376. The molecule has 0 aromatic carbocycles. The average molecular weight is 279 g/mol. The zero-order valence-corrected chi connectivity index (χ0v) is 13.8. The molecule has 3 unspecified atom stereocenters. The van der Waals surface area contributed by atoms with E-state index in [0.717, 1.165) is 18.4 Å². The molecule has 3 atom stereocenters. The zero-order chi connectivity index (χ0) is 13.8. The number of hydrogen-bond acceptors (Lipinski definition) is 2. The van der Waals surface area contributed by atoms with Gasteiger partial charge in [0.1, 0.15) is 0 Å². The third kappa shape index (κ3) is 3.82. The average Bonchev–Trinajstić information content (AvgIpc) is 2.70. The van der Waals surface area contributed by atoms with Gasteiger partial charge in [0.2, 0.25) is 0 Å². The van der Waals surface area contributed by atoms with Crippen LogP contribution in [0.25, 0.3) is 0 Å². The van der Waals surface area contributed by atoms with Gasteiger partial charge in [0.05, 0.1) is 0 Å². The lowest BCUT2D eigenvalue weighted by atomic mass is 9.78. The van der Waals surface area contributed by atoms with Crippen molar-refractivity contribution in [3.63, 3.8) is 0 Å². The predicted octanol–water partition coefficient (Wildman–Crippen LogP) is 5.23. The molecule has 0 saturated heterocycles. The van der Waals surface area contributed by atoms with Crippen molar-refractivity contribution in [3.05, 3.63) is 21.4 Å². The number of hydrogen-bond donors (Lipinski definition) is 1. The number of aryl methyl sites for hydroxylation is 2. The van der Waals surface area contributed by atoms with Crippen LogP contribution in [0.5, 0.6) is 0 Å². The van der Waals surface area contributed by atoms with Crippen molar-refractivity contribution < 1.29 is 0 Å². The topological polar surface area (TPSA) is 12.0 Å². The maximum atomic E-state index is 3.83. The zero-order valence-electron chi connectivity index (χ0n) is 13.0. The van der Waals surface area contributed by atoms with Gasteiger partial charge in [-0.1, -0.05) is 26.7 Å². The van der Waals surface area contributed by atoms with E-state index < -0.39 is 0 Å². The van der Waals surface area contributed by atoms with Crippen molar-refractivity contribution in [3.8, 4) is 0 Å². The summed E-state index contributed by atoms with van der Waals surface area (Å²) in [5.41, 5.74) is 1.46. The summed E-state index contributed by atoms with van der Waals surface area (Å²) in [5, 5.41) is 3.83. The van der Waals surface area contributed by atoms with E-state index in [9.17, 15) is 0 Å². The second kappa shape index (κ2) is 6.90. The maximum Gasteiger partial charge on any atom is 0.0443 e. The molecule has 1 saturated carbocycles. The summed E-state index contributed by atoms with van der Waals surface area (Å²) in [4.78, 5) is 3.06. The van der Waals surface area contributed by atoms with Gasteiger partial charge in [-0.15, -0.1) is 11.3 Å². The van der Waals surface area contributed by atoms with Crippen LogP contribution in [0.2, 0.25) is 0 Å². The lowest BCUT2D eigenvalue weighted by Crippen LogP contribution is -2.31. The van der Waals surface area contributed by atoms with Crippen molar-refractivity contribution in [1.29, 1.82) is 0 Å². The standard InChI is InChI=1S/C17H29NS/c1-5-9-18-17(15-8-6-7-12(2)10-15)16-11-13(3)14(4)19-16/h11-12,15,17-18H,5-10H2,1-4H3. The Morgan fingerprint density at radius 2 is 2.16 bits per heavy atom. The second-order valence-electron chi connectivity index (χ2n) is 6.35. The molecule has 1 aromatic heterocycles. The van der Waals surface area contributed by atoms with Crippen LogP contribution in [0, 0.1) is 25.7 Å². The van der Waals surface area contributed by atoms with Crippen molar-refractivity contribution in [2.24, 2.45) is 11.8 Å². The smallest absolute Gasteiger partial charge is 0.0443 e. The van der Waals surface area contributed by atoms with E-state index in [1.54, 1.807) is 4.88 Å². The summed E-state index contributed by atoms with van der Waals surface area (Å²) in [7, 11) is 0. The molecule has 1 heterocycles. The summed E-state index contributed by atoms with van der Waals surface area (Å²) in [6, 6.07) is 3.02. The largest absolute Gasteiger partial charge is 0.309 e. The van der Waals surface area contributed by atoms with Gasteiger partial charge in [-0.2, -0.15) is 0 Å². The second-order valence-corrected chi connectivity index (χ2v) is 7.64. The molecule has 0 bridgehead atoms. The van der Waals surface area contributed by atoms with Crippen LogP contribution in [0.4, 0.5) is 0 Å². The van der Waals surface area contributed by atoms with E-state index in [4.69, 9.17) is 0 Å². The normalized spacial score (nSPS) is 25.5. The van der Waals surface area contributed by atoms with Crippen molar-refractivity contribution in [2.45, 2.75) is 65.8 Å². The minimum Gasteiger partial charge on any atom is -0.309 e. The van der Waals surface area contributed by atoms with Gasteiger partial charge in [0.25, 0.3) is 0 Å². The summed E-state index contributed by atoms with van der Waals surface area (Å²) >= 11 is 2.01. The fourth-order valence-electron chi connectivity index (χ4n) is 3.34. The molecule has 0 radical (unpaired) electrons. The van der Waals surface area contributed by atoms with Crippen molar-refractivity contribution in [2.75, 3.05) is 6.54 Å². The first kappa shape index (κ1) is 15.1. The van der Waals surface area contributed by atoms with Gasteiger partial charge < -0.3 is 5.32 Å². The van der Waals surface area contributed by atoms with E-state index in [0.29, 0.717) is 6.04 Å². The molecule has 1 aliphatic carbocycles. The Hall–Kier alpha value is -0.340.